The molecule has 9 heteroatoms. The number of likely N-dealkylation sites (tertiary alicyclic amines) is 1. The van der Waals surface area contributed by atoms with Gasteiger partial charge in [-0.15, -0.1) is 0 Å². The van der Waals surface area contributed by atoms with Gasteiger partial charge in [-0.05, 0) is 56.8 Å². The Labute approximate surface area is 229 Å². The number of imidazole rings is 1. The van der Waals surface area contributed by atoms with Crippen LogP contribution in [-0.4, -0.2) is 75.4 Å². The number of aliphatic hydroxyl groups excluding tert-OH is 1. The van der Waals surface area contributed by atoms with Crippen molar-refractivity contribution in [3.8, 4) is 11.5 Å². The number of hydrogen-bond acceptors (Lipinski definition) is 7. The SMILES string of the molecule is C=CCOc1ccc(C2C(=C(O)c3c(C)nc4ccccn34)C(=O)C(=O)N2CCN(CC)CC)cc1OCC. The lowest BCUT2D eigenvalue weighted by molar-refractivity contribution is -0.140. The number of aromatic nitrogens is 2. The fourth-order valence-corrected chi connectivity index (χ4v) is 5.00. The summed E-state index contributed by atoms with van der Waals surface area (Å²) in [5, 5.41) is 11.7. The molecule has 1 fully saturated rings. The van der Waals surface area contributed by atoms with E-state index in [0.29, 0.717) is 60.4 Å². The minimum absolute atomic E-state index is 0.0236. The summed E-state index contributed by atoms with van der Waals surface area (Å²) < 4.78 is 13.3. The number of aryl methyl sites for hydroxylation is 1. The molecule has 9 nitrogen and oxygen atoms in total. The number of benzene rings is 1. The third-order valence-electron chi connectivity index (χ3n) is 6.96. The number of carbonyl (C=O) groups is 2. The average molecular weight is 533 g/mol. The lowest BCUT2D eigenvalue weighted by atomic mass is 9.96. The molecule has 1 aliphatic rings. The Morgan fingerprint density at radius 3 is 2.59 bits per heavy atom. The van der Waals surface area contributed by atoms with Crippen LogP contribution in [0.5, 0.6) is 11.5 Å². The van der Waals surface area contributed by atoms with E-state index in [9.17, 15) is 14.7 Å². The molecule has 0 radical (unpaired) electrons. The number of amides is 1. The van der Waals surface area contributed by atoms with Gasteiger partial charge < -0.3 is 24.4 Å². The van der Waals surface area contributed by atoms with Gasteiger partial charge in [-0.3, -0.25) is 14.0 Å². The molecule has 3 heterocycles. The summed E-state index contributed by atoms with van der Waals surface area (Å²) >= 11 is 0. The normalized spacial score (nSPS) is 16.8. The van der Waals surface area contributed by atoms with E-state index in [4.69, 9.17) is 9.47 Å². The Kier molecular flexibility index (Phi) is 8.71. The first-order valence-corrected chi connectivity index (χ1v) is 13.3. The number of pyridine rings is 1. The zero-order valence-electron chi connectivity index (χ0n) is 23.0. The summed E-state index contributed by atoms with van der Waals surface area (Å²) in [6.45, 7) is 14.7. The Morgan fingerprint density at radius 1 is 1.13 bits per heavy atom. The van der Waals surface area contributed by atoms with E-state index in [1.165, 1.54) is 0 Å². The summed E-state index contributed by atoms with van der Waals surface area (Å²) in [7, 11) is 0. The van der Waals surface area contributed by atoms with E-state index in [0.717, 1.165) is 13.1 Å². The predicted octanol–water partition coefficient (Wildman–Crippen LogP) is 4.37. The van der Waals surface area contributed by atoms with Gasteiger partial charge in [-0.2, -0.15) is 0 Å². The molecule has 1 saturated heterocycles. The highest BCUT2D eigenvalue weighted by molar-refractivity contribution is 6.46. The molecule has 3 aromatic rings. The van der Waals surface area contributed by atoms with Gasteiger partial charge in [-0.25, -0.2) is 4.98 Å². The minimum Gasteiger partial charge on any atom is -0.505 e. The van der Waals surface area contributed by atoms with E-state index in [1.807, 2.05) is 25.1 Å². The van der Waals surface area contributed by atoms with Crippen molar-refractivity contribution < 1.29 is 24.2 Å². The molecule has 4 rings (SSSR count). The third-order valence-corrected chi connectivity index (χ3v) is 6.96. The highest BCUT2D eigenvalue weighted by atomic mass is 16.5. The first kappa shape index (κ1) is 27.9. The average Bonchev–Trinajstić information content (AvgIpc) is 3.41. The van der Waals surface area contributed by atoms with Crippen LogP contribution in [-0.2, 0) is 9.59 Å². The van der Waals surface area contributed by atoms with Crippen molar-refractivity contribution in [2.75, 3.05) is 39.4 Å². The number of carbonyl (C=O) groups excluding carboxylic acids is 2. The zero-order valence-corrected chi connectivity index (χ0v) is 23.0. The van der Waals surface area contributed by atoms with Crippen LogP contribution in [0.25, 0.3) is 11.4 Å². The van der Waals surface area contributed by atoms with E-state index in [-0.39, 0.29) is 11.3 Å². The predicted molar refractivity (Wildman–Crippen MR) is 150 cm³/mol. The number of rotatable bonds is 12. The first-order valence-electron chi connectivity index (χ1n) is 13.3. The molecule has 206 valence electrons. The Morgan fingerprint density at radius 2 is 1.90 bits per heavy atom. The molecule has 0 saturated carbocycles. The summed E-state index contributed by atoms with van der Waals surface area (Å²) in [6.07, 6.45) is 3.42. The second-order valence-corrected chi connectivity index (χ2v) is 9.23. The monoisotopic (exact) mass is 532 g/mol. The molecule has 1 aliphatic heterocycles. The van der Waals surface area contributed by atoms with Gasteiger partial charge in [0.1, 0.15) is 17.9 Å². The number of ketones is 1. The van der Waals surface area contributed by atoms with Gasteiger partial charge in [0.15, 0.2) is 17.3 Å². The van der Waals surface area contributed by atoms with Crippen LogP contribution < -0.4 is 9.47 Å². The summed E-state index contributed by atoms with van der Waals surface area (Å²) in [6, 6.07) is 10.0. The minimum atomic E-state index is -0.818. The number of ether oxygens (including phenoxy) is 2. The molecular formula is C30H36N4O5. The van der Waals surface area contributed by atoms with Crippen molar-refractivity contribution in [3.05, 3.63) is 77.8 Å². The van der Waals surface area contributed by atoms with Gasteiger partial charge in [0.05, 0.1) is 23.9 Å². The second-order valence-electron chi connectivity index (χ2n) is 9.23. The molecule has 1 unspecified atom stereocenters. The first-order chi connectivity index (χ1) is 18.9. The van der Waals surface area contributed by atoms with Gasteiger partial charge in [0, 0.05) is 19.3 Å². The molecule has 2 aromatic heterocycles. The summed E-state index contributed by atoms with van der Waals surface area (Å²) in [5.74, 6) is -0.627. The molecule has 1 amide bonds. The quantitative estimate of drug-likeness (QED) is 0.160. The van der Waals surface area contributed by atoms with Crippen LogP contribution in [0.4, 0.5) is 0 Å². The van der Waals surface area contributed by atoms with E-state index < -0.39 is 17.7 Å². The Bertz CT molecular complexity index is 1410. The number of fused-ring (bicyclic) bond motifs is 1. The number of aliphatic hydroxyl groups is 1. The maximum absolute atomic E-state index is 13.6. The van der Waals surface area contributed by atoms with Crippen molar-refractivity contribution >= 4 is 23.1 Å². The molecule has 0 spiro atoms. The molecular weight excluding hydrogens is 496 g/mol. The largest absolute Gasteiger partial charge is 0.505 e. The lowest BCUT2D eigenvalue weighted by Crippen LogP contribution is -2.38. The van der Waals surface area contributed by atoms with Crippen molar-refractivity contribution in [2.45, 2.75) is 33.7 Å². The summed E-state index contributed by atoms with van der Waals surface area (Å²) in [5.41, 5.74) is 2.22. The molecule has 1 atom stereocenters. The van der Waals surface area contributed by atoms with E-state index in [1.54, 1.807) is 46.7 Å². The lowest BCUT2D eigenvalue weighted by Gasteiger charge is -2.28. The molecule has 0 bridgehead atoms. The van der Waals surface area contributed by atoms with Crippen molar-refractivity contribution in [1.82, 2.24) is 19.2 Å². The van der Waals surface area contributed by atoms with Crippen LogP contribution in [0.3, 0.4) is 0 Å². The Balaban J connectivity index is 1.89. The van der Waals surface area contributed by atoms with Crippen LogP contribution in [0.15, 0.2) is 60.8 Å². The standard InChI is InChI=1S/C30H36N4O5/c1-6-18-39-22-14-13-21(19-23(22)38-9-4)27-25(29(36)30(37)34(27)17-16-32(7-2)8-3)28(35)26-20(5)31-24-12-10-11-15-33(24)26/h6,10-15,19,27,35H,1,7-9,16-18H2,2-5H3. The van der Waals surface area contributed by atoms with Gasteiger partial charge in [-0.1, -0.05) is 38.6 Å². The van der Waals surface area contributed by atoms with E-state index >= 15 is 0 Å². The van der Waals surface area contributed by atoms with Gasteiger partial charge in [0.25, 0.3) is 11.7 Å². The maximum atomic E-state index is 13.6. The third kappa shape index (κ3) is 5.40. The number of nitrogens with zero attached hydrogens (tertiary/aromatic N) is 4. The van der Waals surface area contributed by atoms with Gasteiger partial charge in [0.2, 0.25) is 0 Å². The zero-order chi connectivity index (χ0) is 28.1. The number of hydrogen-bond donors (Lipinski definition) is 1. The van der Waals surface area contributed by atoms with Crippen molar-refractivity contribution in [3.63, 3.8) is 0 Å². The van der Waals surface area contributed by atoms with Crippen molar-refractivity contribution in [1.29, 1.82) is 0 Å². The van der Waals surface area contributed by atoms with Crippen LogP contribution in [0, 0.1) is 6.92 Å². The topological polar surface area (TPSA) is 96.6 Å². The maximum Gasteiger partial charge on any atom is 0.295 e. The highest BCUT2D eigenvalue weighted by Crippen LogP contribution is 2.42. The molecule has 39 heavy (non-hydrogen) atoms. The van der Waals surface area contributed by atoms with Crippen LogP contribution in [0.1, 0.15) is 43.8 Å². The van der Waals surface area contributed by atoms with Gasteiger partial charge >= 0.3 is 0 Å². The summed E-state index contributed by atoms with van der Waals surface area (Å²) in [4.78, 5) is 35.3. The fraction of sp³-hybridized carbons (Fsp3) is 0.367. The molecule has 1 aromatic carbocycles. The second kappa shape index (κ2) is 12.2. The smallest absolute Gasteiger partial charge is 0.295 e. The number of Topliss-reactive ketones (excluding diaryl/α,β-unsaturated/α-hetero) is 1. The Hall–Kier alpha value is -4.11. The molecule has 0 aliphatic carbocycles. The molecule has 1 N–H and O–H groups in total. The van der Waals surface area contributed by atoms with Crippen LogP contribution >= 0.6 is 0 Å². The highest BCUT2D eigenvalue weighted by Gasteiger charge is 2.46. The van der Waals surface area contributed by atoms with Crippen LogP contribution in [0.2, 0.25) is 0 Å². The number of likely N-dealkylation sites (N-methyl/N-ethyl adjacent to an activating group) is 1. The van der Waals surface area contributed by atoms with E-state index in [2.05, 4.69) is 30.3 Å². The van der Waals surface area contributed by atoms with Crippen molar-refractivity contribution in [2.24, 2.45) is 0 Å². The fourth-order valence-electron chi connectivity index (χ4n) is 5.00.